The van der Waals surface area contributed by atoms with Crippen LogP contribution in [0, 0.1) is 31.4 Å². The summed E-state index contributed by atoms with van der Waals surface area (Å²) in [5, 5.41) is 9.62. The number of anilines is 1. The molecule has 0 radical (unpaired) electrons. The Bertz CT molecular complexity index is 691. The van der Waals surface area contributed by atoms with Gasteiger partial charge in [-0.2, -0.15) is 5.10 Å². The van der Waals surface area contributed by atoms with Gasteiger partial charge in [-0.3, -0.25) is 9.89 Å². The zero-order valence-corrected chi connectivity index (χ0v) is 11.7. The van der Waals surface area contributed by atoms with Crippen molar-refractivity contribution in [2.45, 2.75) is 26.2 Å². The Hall–Kier alpha value is -2.24. The van der Waals surface area contributed by atoms with E-state index < -0.39 is 11.6 Å². The standard InChI is InChI=1S/C15H15F2N3O/c1-7-14(8(2)20-19-7)18-15(21)12-6-11(12)10-4-3-9(16)5-13(10)17/h3-5,11-12H,6H2,1-2H3,(H,18,21)(H,19,20)/t11-,12-/m0/s1. The second-order valence-electron chi connectivity index (χ2n) is 5.41. The summed E-state index contributed by atoms with van der Waals surface area (Å²) in [4.78, 5) is 12.2. The summed E-state index contributed by atoms with van der Waals surface area (Å²) in [6.45, 7) is 3.61. The molecule has 110 valence electrons. The Kier molecular flexibility index (Phi) is 3.23. The van der Waals surface area contributed by atoms with Crippen LogP contribution in [0.4, 0.5) is 14.5 Å². The summed E-state index contributed by atoms with van der Waals surface area (Å²) >= 11 is 0. The molecule has 0 spiro atoms. The fraction of sp³-hybridized carbons (Fsp3) is 0.333. The lowest BCUT2D eigenvalue weighted by atomic mass is 10.1. The lowest BCUT2D eigenvalue weighted by molar-refractivity contribution is -0.117. The van der Waals surface area contributed by atoms with Gasteiger partial charge in [0.2, 0.25) is 5.91 Å². The first-order valence-electron chi connectivity index (χ1n) is 6.74. The van der Waals surface area contributed by atoms with Crippen LogP contribution in [0.5, 0.6) is 0 Å². The molecule has 3 rings (SSSR count). The maximum Gasteiger partial charge on any atom is 0.228 e. The predicted octanol–water partition coefficient (Wildman–Crippen LogP) is 3.05. The summed E-state index contributed by atoms with van der Waals surface area (Å²) in [5.74, 6) is -1.82. The molecule has 1 aromatic carbocycles. The Balaban J connectivity index is 1.71. The minimum absolute atomic E-state index is 0.156. The third-order valence-corrected chi connectivity index (χ3v) is 3.87. The van der Waals surface area contributed by atoms with E-state index in [2.05, 4.69) is 15.5 Å². The van der Waals surface area contributed by atoms with E-state index >= 15 is 0 Å². The number of amides is 1. The number of nitrogens with zero attached hydrogens (tertiary/aromatic N) is 1. The van der Waals surface area contributed by atoms with Crippen LogP contribution in [0.25, 0.3) is 0 Å². The minimum Gasteiger partial charge on any atom is -0.323 e. The molecule has 2 atom stereocenters. The molecule has 1 saturated carbocycles. The molecule has 4 nitrogen and oxygen atoms in total. The van der Waals surface area contributed by atoms with Crippen LogP contribution in [0.15, 0.2) is 18.2 Å². The van der Waals surface area contributed by atoms with Gasteiger partial charge in [0, 0.05) is 12.0 Å². The van der Waals surface area contributed by atoms with Crippen molar-refractivity contribution in [3.8, 4) is 0 Å². The largest absolute Gasteiger partial charge is 0.323 e. The van der Waals surface area contributed by atoms with Crippen molar-refractivity contribution in [3.05, 3.63) is 46.8 Å². The molecule has 0 aliphatic heterocycles. The highest BCUT2D eigenvalue weighted by Crippen LogP contribution is 2.49. The summed E-state index contributed by atoms with van der Waals surface area (Å²) in [6, 6.07) is 3.49. The summed E-state index contributed by atoms with van der Waals surface area (Å²) in [7, 11) is 0. The lowest BCUT2D eigenvalue weighted by Crippen LogP contribution is -2.15. The SMILES string of the molecule is Cc1n[nH]c(C)c1NC(=O)[C@H]1C[C@H]1c1ccc(F)cc1F. The number of aromatic nitrogens is 2. The summed E-state index contributed by atoms with van der Waals surface area (Å²) in [6.07, 6.45) is 0.574. The van der Waals surface area contributed by atoms with Gasteiger partial charge in [-0.25, -0.2) is 8.78 Å². The van der Waals surface area contributed by atoms with Gasteiger partial charge in [-0.1, -0.05) is 6.07 Å². The Labute approximate surface area is 120 Å². The number of halogens is 2. The van der Waals surface area contributed by atoms with Crippen molar-refractivity contribution in [3.63, 3.8) is 0 Å². The zero-order valence-electron chi connectivity index (χ0n) is 11.7. The molecule has 2 aromatic rings. The van der Waals surface area contributed by atoms with Gasteiger partial charge in [0.25, 0.3) is 0 Å². The van der Waals surface area contributed by atoms with Gasteiger partial charge in [-0.05, 0) is 37.8 Å². The van der Waals surface area contributed by atoms with Crippen molar-refractivity contribution in [1.82, 2.24) is 10.2 Å². The van der Waals surface area contributed by atoms with Gasteiger partial charge in [0.05, 0.1) is 17.1 Å². The van der Waals surface area contributed by atoms with E-state index in [4.69, 9.17) is 0 Å². The molecule has 1 aliphatic carbocycles. The number of aryl methyl sites for hydroxylation is 2. The van der Waals surface area contributed by atoms with Gasteiger partial charge < -0.3 is 5.32 Å². The van der Waals surface area contributed by atoms with E-state index in [-0.39, 0.29) is 17.7 Å². The first kappa shape index (κ1) is 13.7. The van der Waals surface area contributed by atoms with Crippen molar-refractivity contribution in [2.75, 3.05) is 5.32 Å². The number of rotatable bonds is 3. The Morgan fingerprint density at radius 2 is 2.14 bits per heavy atom. The second-order valence-corrected chi connectivity index (χ2v) is 5.41. The van der Waals surface area contributed by atoms with E-state index in [0.717, 1.165) is 11.8 Å². The molecule has 6 heteroatoms. The number of aromatic amines is 1. The number of hydrogen-bond acceptors (Lipinski definition) is 2. The van der Waals surface area contributed by atoms with E-state index in [1.165, 1.54) is 12.1 Å². The second kappa shape index (κ2) is 4.95. The van der Waals surface area contributed by atoms with Crippen molar-refractivity contribution in [2.24, 2.45) is 5.92 Å². The molecule has 21 heavy (non-hydrogen) atoms. The van der Waals surface area contributed by atoms with Gasteiger partial charge in [-0.15, -0.1) is 0 Å². The van der Waals surface area contributed by atoms with Crippen LogP contribution in [-0.2, 0) is 4.79 Å². The number of carbonyl (C=O) groups excluding carboxylic acids is 1. The Morgan fingerprint density at radius 1 is 1.38 bits per heavy atom. The summed E-state index contributed by atoms with van der Waals surface area (Å²) < 4.78 is 26.6. The van der Waals surface area contributed by atoms with Gasteiger partial charge in [0.15, 0.2) is 0 Å². The highest BCUT2D eigenvalue weighted by atomic mass is 19.1. The highest BCUT2D eigenvalue weighted by Gasteiger charge is 2.45. The van der Waals surface area contributed by atoms with Gasteiger partial charge >= 0.3 is 0 Å². The molecule has 0 bridgehead atoms. The van der Waals surface area contributed by atoms with Crippen LogP contribution in [-0.4, -0.2) is 16.1 Å². The normalized spacial score (nSPS) is 20.4. The van der Waals surface area contributed by atoms with Gasteiger partial charge in [0.1, 0.15) is 11.6 Å². The smallest absolute Gasteiger partial charge is 0.228 e. The van der Waals surface area contributed by atoms with E-state index in [0.29, 0.717) is 23.4 Å². The molecule has 1 aliphatic rings. The first-order valence-corrected chi connectivity index (χ1v) is 6.74. The molecule has 1 amide bonds. The quantitative estimate of drug-likeness (QED) is 0.913. The zero-order chi connectivity index (χ0) is 15.1. The van der Waals surface area contributed by atoms with Crippen LogP contribution < -0.4 is 5.32 Å². The number of hydrogen-bond donors (Lipinski definition) is 2. The maximum atomic E-state index is 13.7. The molecule has 1 aromatic heterocycles. The topological polar surface area (TPSA) is 57.8 Å². The number of benzene rings is 1. The fourth-order valence-electron chi connectivity index (χ4n) is 2.58. The van der Waals surface area contributed by atoms with Crippen LogP contribution in [0.3, 0.4) is 0 Å². The summed E-state index contributed by atoms with van der Waals surface area (Å²) in [5.41, 5.74) is 2.57. The Morgan fingerprint density at radius 3 is 2.76 bits per heavy atom. The average molecular weight is 291 g/mol. The molecule has 1 fully saturated rings. The highest BCUT2D eigenvalue weighted by molar-refractivity contribution is 5.96. The molecular weight excluding hydrogens is 276 g/mol. The number of H-pyrrole nitrogens is 1. The number of nitrogens with one attached hydrogen (secondary N) is 2. The maximum absolute atomic E-state index is 13.7. The monoisotopic (exact) mass is 291 g/mol. The average Bonchev–Trinajstić information content (AvgIpc) is 3.15. The van der Waals surface area contributed by atoms with E-state index in [1.54, 1.807) is 6.92 Å². The molecule has 2 N–H and O–H groups in total. The van der Waals surface area contributed by atoms with Crippen molar-refractivity contribution >= 4 is 11.6 Å². The lowest BCUT2D eigenvalue weighted by Gasteiger charge is -2.06. The van der Waals surface area contributed by atoms with Crippen LogP contribution >= 0.6 is 0 Å². The van der Waals surface area contributed by atoms with Crippen molar-refractivity contribution < 1.29 is 13.6 Å². The third-order valence-electron chi connectivity index (χ3n) is 3.87. The third kappa shape index (κ3) is 2.53. The predicted molar refractivity (Wildman–Crippen MR) is 73.9 cm³/mol. The molecule has 0 saturated heterocycles. The van der Waals surface area contributed by atoms with Crippen molar-refractivity contribution in [1.29, 1.82) is 0 Å². The molecule has 1 heterocycles. The van der Waals surface area contributed by atoms with Crippen LogP contribution in [0.2, 0.25) is 0 Å². The van der Waals surface area contributed by atoms with Crippen LogP contribution in [0.1, 0.15) is 29.3 Å². The first-order chi connectivity index (χ1) is 9.97. The molecular formula is C15H15F2N3O. The van der Waals surface area contributed by atoms with E-state index in [9.17, 15) is 13.6 Å². The fourth-order valence-corrected chi connectivity index (χ4v) is 2.58. The minimum atomic E-state index is -0.609. The molecule has 0 unspecified atom stereocenters. The number of carbonyl (C=O) groups is 1. The van der Waals surface area contributed by atoms with E-state index in [1.807, 2.05) is 6.92 Å².